The van der Waals surface area contributed by atoms with Crippen LogP contribution in [0, 0.1) is 12.7 Å². The molecule has 8 nitrogen and oxygen atoms in total. The van der Waals surface area contributed by atoms with Crippen molar-refractivity contribution in [1.82, 2.24) is 19.8 Å². The summed E-state index contributed by atoms with van der Waals surface area (Å²) in [5, 5.41) is 8.40. The summed E-state index contributed by atoms with van der Waals surface area (Å²) in [6.45, 7) is 7.11. The molecular formula is C28H29FN4O4. The Morgan fingerprint density at radius 3 is 2.65 bits per heavy atom. The maximum atomic E-state index is 13.4. The molecule has 0 bridgehead atoms. The summed E-state index contributed by atoms with van der Waals surface area (Å²) in [5.74, 6) is 0.0485. The molecule has 192 valence electrons. The molecule has 3 heterocycles. The van der Waals surface area contributed by atoms with Crippen molar-refractivity contribution in [2.24, 2.45) is 0 Å². The Morgan fingerprint density at radius 1 is 1.08 bits per heavy atom. The molecule has 0 spiro atoms. The second-order valence-electron chi connectivity index (χ2n) is 9.10. The molecular weight excluding hydrogens is 475 g/mol. The molecule has 0 N–H and O–H groups in total. The monoisotopic (exact) mass is 504 g/mol. The summed E-state index contributed by atoms with van der Waals surface area (Å²) >= 11 is 0. The zero-order chi connectivity index (χ0) is 25.6. The lowest BCUT2D eigenvalue weighted by atomic mass is 9.99. The van der Waals surface area contributed by atoms with Gasteiger partial charge in [-0.2, -0.15) is 5.10 Å². The number of ketones is 1. The molecule has 0 amide bonds. The standard InChI is InChI=1S/C28H29FN4O4/c1-20-23(19-37-31-20)15-27(34)26-14-22(4-7-28(26)36-18-21-2-5-25(29)6-3-21)24-16-30-33(17-24)9-8-32-10-12-35-13-11-32/h2-7,14,16-17,19H,8-13,15,18H2,1H3. The number of benzene rings is 2. The van der Waals surface area contributed by atoms with Gasteiger partial charge in [-0.05, 0) is 42.3 Å². The highest BCUT2D eigenvalue weighted by Crippen LogP contribution is 2.29. The van der Waals surface area contributed by atoms with Crippen molar-refractivity contribution >= 4 is 5.78 Å². The molecule has 1 aliphatic rings. The van der Waals surface area contributed by atoms with Crippen molar-refractivity contribution < 1.29 is 23.2 Å². The number of halogens is 1. The third-order valence-corrected chi connectivity index (χ3v) is 6.50. The van der Waals surface area contributed by atoms with Gasteiger partial charge in [-0.1, -0.05) is 23.4 Å². The Morgan fingerprint density at radius 2 is 1.89 bits per heavy atom. The second kappa shape index (κ2) is 11.5. The largest absolute Gasteiger partial charge is 0.488 e. The van der Waals surface area contributed by atoms with Crippen LogP contribution in [0.25, 0.3) is 11.1 Å². The number of Topliss-reactive ketones (excluding diaryl/α,β-unsaturated/α-hetero) is 1. The van der Waals surface area contributed by atoms with Gasteiger partial charge in [0.1, 0.15) is 24.4 Å². The van der Waals surface area contributed by atoms with Crippen molar-refractivity contribution in [3.8, 4) is 16.9 Å². The smallest absolute Gasteiger partial charge is 0.171 e. The lowest BCUT2D eigenvalue weighted by molar-refractivity contribution is 0.0360. The zero-order valence-electron chi connectivity index (χ0n) is 20.7. The van der Waals surface area contributed by atoms with E-state index in [4.69, 9.17) is 14.0 Å². The molecule has 0 saturated carbocycles. The van der Waals surface area contributed by atoms with Gasteiger partial charge in [-0.3, -0.25) is 14.4 Å². The average Bonchev–Trinajstić information content (AvgIpc) is 3.56. The molecule has 0 unspecified atom stereocenters. The van der Waals surface area contributed by atoms with Crippen molar-refractivity contribution in [2.45, 2.75) is 26.5 Å². The summed E-state index contributed by atoms with van der Waals surface area (Å²) in [7, 11) is 0. The quantitative estimate of drug-likeness (QED) is 0.298. The molecule has 1 aliphatic heterocycles. The fourth-order valence-corrected chi connectivity index (χ4v) is 4.25. The summed E-state index contributed by atoms with van der Waals surface area (Å²) in [4.78, 5) is 15.7. The average molecular weight is 505 g/mol. The van der Waals surface area contributed by atoms with E-state index in [0.717, 1.165) is 61.6 Å². The van der Waals surface area contributed by atoms with Gasteiger partial charge in [0, 0.05) is 43.4 Å². The van der Waals surface area contributed by atoms with Crippen LogP contribution in [0.4, 0.5) is 4.39 Å². The Bertz CT molecular complexity index is 1340. The molecule has 9 heteroatoms. The summed E-state index contributed by atoms with van der Waals surface area (Å²) in [6, 6.07) is 11.7. The Kier molecular flexibility index (Phi) is 7.72. The minimum Gasteiger partial charge on any atom is -0.488 e. The fraction of sp³-hybridized carbons (Fsp3) is 0.321. The molecule has 0 atom stereocenters. The van der Waals surface area contributed by atoms with E-state index in [1.54, 1.807) is 25.1 Å². The predicted octanol–water partition coefficient (Wildman–Crippen LogP) is 4.32. The first kappa shape index (κ1) is 24.9. The summed E-state index contributed by atoms with van der Waals surface area (Å²) in [6.07, 6.45) is 5.44. The molecule has 1 fully saturated rings. The number of aromatic nitrogens is 3. The van der Waals surface area contributed by atoms with Gasteiger partial charge in [0.15, 0.2) is 5.78 Å². The van der Waals surface area contributed by atoms with Crippen LogP contribution in [0.2, 0.25) is 0 Å². The Balaban J connectivity index is 1.35. The summed E-state index contributed by atoms with van der Waals surface area (Å²) in [5.41, 5.74) is 4.47. The van der Waals surface area contributed by atoms with Gasteiger partial charge < -0.3 is 14.0 Å². The number of aryl methyl sites for hydroxylation is 1. The fourth-order valence-electron chi connectivity index (χ4n) is 4.25. The number of rotatable bonds is 10. The van der Waals surface area contributed by atoms with Crippen LogP contribution in [-0.4, -0.2) is 58.5 Å². The number of ether oxygens (including phenoxy) is 2. The van der Waals surface area contributed by atoms with E-state index >= 15 is 0 Å². The van der Waals surface area contributed by atoms with Gasteiger partial charge >= 0.3 is 0 Å². The van der Waals surface area contributed by atoms with Crippen molar-refractivity contribution in [1.29, 1.82) is 0 Å². The number of hydrogen-bond donors (Lipinski definition) is 0. The zero-order valence-corrected chi connectivity index (χ0v) is 20.7. The van der Waals surface area contributed by atoms with E-state index in [-0.39, 0.29) is 24.6 Å². The first-order valence-corrected chi connectivity index (χ1v) is 12.3. The molecule has 0 radical (unpaired) electrons. The van der Waals surface area contributed by atoms with E-state index < -0.39 is 0 Å². The highest BCUT2D eigenvalue weighted by Gasteiger charge is 2.18. The van der Waals surface area contributed by atoms with Gasteiger partial charge in [0.25, 0.3) is 0 Å². The molecule has 2 aromatic heterocycles. The number of carbonyl (C=O) groups excluding carboxylic acids is 1. The van der Waals surface area contributed by atoms with E-state index in [1.807, 2.05) is 29.2 Å². The van der Waals surface area contributed by atoms with E-state index in [1.165, 1.54) is 18.4 Å². The normalized spacial score (nSPS) is 14.1. The highest BCUT2D eigenvalue weighted by atomic mass is 19.1. The Labute approximate surface area is 214 Å². The number of nitrogens with zero attached hydrogens (tertiary/aromatic N) is 4. The first-order valence-electron chi connectivity index (χ1n) is 12.3. The molecule has 5 rings (SSSR count). The van der Waals surface area contributed by atoms with Crippen molar-refractivity contribution in [3.63, 3.8) is 0 Å². The topological polar surface area (TPSA) is 82.6 Å². The van der Waals surface area contributed by atoms with Crippen molar-refractivity contribution in [3.05, 3.63) is 89.3 Å². The maximum Gasteiger partial charge on any atom is 0.171 e. The van der Waals surface area contributed by atoms with Crippen molar-refractivity contribution in [2.75, 3.05) is 32.8 Å². The number of hydrogen-bond acceptors (Lipinski definition) is 7. The minimum absolute atomic E-state index is 0.109. The van der Waals surface area contributed by atoms with Crippen LogP contribution in [0.3, 0.4) is 0 Å². The molecule has 4 aromatic rings. The van der Waals surface area contributed by atoms with Gasteiger partial charge in [0.05, 0.1) is 37.2 Å². The molecule has 2 aromatic carbocycles. The van der Waals surface area contributed by atoms with Crippen LogP contribution < -0.4 is 4.74 Å². The number of carbonyl (C=O) groups is 1. The molecule has 1 saturated heterocycles. The van der Waals surface area contributed by atoms with Crippen LogP contribution in [0.15, 0.2) is 65.6 Å². The van der Waals surface area contributed by atoms with Crippen LogP contribution in [0.1, 0.15) is 27.2 Å². The molecule has 0 aliphatic carbocycles. The van der Waals surface area contributed by atoms with E-state index in [2.05, 4.69) is 15.2 Å². The summed E-state index contributed by atoms with van der Waals surface area (Å²) < 4.78 is 31.6. The Hall–Kier alpha value is -3.82. The van der Waals surface area contributed by atoms with Gasteiger partial charge in [0.2, 0.25) is 0 Å². The highest BCUT2D eigenvalue weighted by molar-refractivity contribution is 6.01. The predicted molar refractivity (Wildman–Crippen MR) is 135 cm³/mol. The van der Waals surface area contributed by atoms with Gasteiger partial charge in [-0.25, -0.2) is 4.39 Å². The first-order chi connectivity index (χ1) is 18.0. The SMILES string of the molecule is Cc1nocc1CC(=O)c1cc(-c2cnn(CCN3CCOCC3)c2)ccc1OCc1ccc(F)cc1. The molecule has 37 heavy (non-hydrogen) atoms. The van der Waals surface area contributed by atoms with Crippen LogP contribution in [0.5, 0.6) is 5.75 Å². The third kappa shape index (κ3) is 6.31. The van der Waals surface area contributed by atoms with E-state index in [0.29, 0.717) is 17.0 Å². The number of morpholine rings is 1. The van der Waals surface area contributed by atoms with Gasteiger partial charge in [-0.15, -0.1) is 0 Å². The lowest BCUT2D eigenvalue weighted by Gasteiger charge is -2.26. The minimum atomic E-state index is -0.307. The van der Waals surface area contributed by atoms with Crippen LogP contribution >= 0.6 is 0 Å². The second-order valence-corrected chi connectivity index (χ2v) is 9.10. The van der Waals surface area contributed by atoms with Crippen LogP contribution in [-0.2, 0) is 24.3 Å². The van der Waals surface area contributed by atoms with E-state index in [9.17, 15) is 9.18 Å². The third-order valence-electron chi connectivity index (χ3n) is 6.50. The lowest BCUT2D eigenvalue weighted by Crippen LogP contribution is -2.38. The maximum absolute atomic E-state index is 13.4.